The van der Waals surface area contributed by atoms with Crippen LogP contribution >= 0.6 is 0 Å². The van der Waals surface area contributed by atoms with E-state index in [0.717, 1.165) is 12.0 Å². The summed E-state index contributed by atoms with van der Waals surface area (Å²) in [4.78, 5) is 51.3. The Balaban J connectivity index is 3.00. The first-order valence-electron chi connectivity index (χ1n) is 13.2. The highest BCUT2D eigenvalue weighted by Crippen LogP contribution is 2.20. The zero-order valence-corrected chi connectivity index (χ0v) is 22.8. The molecule has 9 heteroatoms. The molecule has 0 aliphatic carbocycles. The maximum Gasteiger partial charge on any atom is 0.224 e. The smallest absolute Gasteiger partial charge is 0.224 e. The fraction of sp³-hybridized carbons (Fsp3) is 0.643. The summed E-state index contributed by atoms with van der Waals surface area (Å²) in [5, 5.41) is 15.1. The molecule has 2 amide bonds. The second-order valence-corrected chi connectivity index (χ2v) is 10.0. The van der Waals surface area contributed by atoms with Crippen LogP contribution in [0.1, 0.15) is 71.3 Å². The molecule has 1 rings (SSSR count). The van der Waals surface area contributed by atoms with Gasteiger partial charge in [0.05, 0.1) is 12.1 Å². The Kier molecular flexibility index (Phi) is 15.4. The molecule has 0 aromatic heterocycles. The lowest BCUT2D eigenvalue weighted by molar-refractivity contribution is -0.134. The van der Waals surface area contributed by atoms with E-state index in [9.17, 15) is 24.3 Å². The minimum atomic E-state index is -0.805. The van der Waals surface area contributed by atoms with E-state index in [0.29, 0.717) is 45.3 Å². The molecule has 0 fully saturated rings. The van der Waals surface area contributed by atoms with Crippen LogP contribution in [0.5, 0.6) is 5.75 Å². The van der Waals surface area contributed by atoms with E-state index in [1.54, 1.807) is 19.2 Å². The van der Waals surface area contributed by atoms with E-state index < -0.39 is 18.0 Å². The van der Waals surface area contributed by atoms with Gasteiger partial charge in [-0.3, -0.25) is 19.2 Å². The van der Waals surface area contributed by atoms with E-state index in [2.05, 4.69) is 10.6 Å². The number of aromatic hydroxyl groups is 1. The second-order valence-electron chi connectivity index (χ2n) is 10.0. The highest BCUT2D eigenvalue weighted by atomic mass is 16.5. The molecule has 0 heterocycles. The summed E-state index contributed by atoms with van der Waals surface area (Å²) in [5.41, 5.74) is 6.38. The van der Waals surface area contributed by atoms with Gasteiger partial charge in [-0.1, -0.05) is 26.0 Å². The Bertz CT molecular complexity index is 856. The number of Topliss-reactive ketones (excluding diaryl/α,β-unsaturated/α-hetero) is 2. The van der Waals surface area contributed by atoms with E-state index in [4.69, 9.17) is 10.5 Å². The highest BCUT2D eigenvalue weighted by molar-refractivity contribution is 5.94. The van der Waals surface area contributed by atoms with Gasteiger partial charge in [0.1, 0.15) is 5.75 Å². The van der Waals surface area contributed by atoms with Crippen LogP contribution in [-0.4, -0.2) is 60.8 Å². The maximum atomic E-state index is 13.4. The molecular weight excluding hydrogens is 474 g/mol. The molecule has 3 atom stereocenters. The van der Waals surface area contributed by atoms with Gasteiger partial charge in [-0.25, -0.2) is 0 Å². The molecule has 0 saturated carbocycles. The van der Waals surface area contributed by atoms with Gasteiger partial charge in [-0.15, -0.1) is 0 Å². The van der Waals surface area contributed by atoms with Crippen LogP contribution in [0.25, 0.3) is 0 Å². The monoisotopic (exact) mass is 519 g/mol. The van der Waals surface area contributed by atoms with E-state index in [1.807, 2.05) is 13.8 Å². The Morgan fingerprint density at radius 3 is 2.22 bits per heavy atom. The maximum absolute atomic E-state index is 13.4. The molecule has 0 unspecified atom stereocenters. The predicted octanol–water partition coefficient (Wildman–Crippen LogP) is 2.67. The number of methoxy groups -OCH3 is 1. The fourth-order valence-electron chi connectivity index (χ4n) is 4.26. The normalized spacial score (nSPS) is 13.6. The van der Waals surface area contributed by atoms with Gasteiger partial charge in [0.25, 0.3) is 0 Å². The van der Waals surface area contributed by atoms with Crippen molar-refractivity contribution in [3.8, 4) is 5.75 Å². The Hall–Kier alpha value is -2.78. The molecule has 1 aromatic carbocycles. The van der Waals surface area contributed by atoms with E-state index in [1.165, 1.54) is 19.1 Å². The molecule has 208 valence electrons. The summed E-state index contributed by atoms with van der Waals surface area (Å²) < 4.78 is 5.04. The largest absolute Gasteiger partial charge is 0.508 e. The summed E-state index contributed by atoms with van der Waals surface area (Å²) in [6.45, 7) is 6.26. The predicted molar refractivity (Wildman–Crippen MR) is 143 cm³/mol. The molecule has 0 radical (unpaired) electrons. The molecule has 0 spiro atoms. The van der Waals surface area contributed by atoms with Crippen molar-refractivity contribution in [2.75, 3.05) is 20.3 Å². The minimum absolute atomic E-state index is 0.0551. The zero-order chi connectivity index (χ0) is 27.8. The lowest BCUT2D eigenvalue weighted by Gasteiger charge is -2.25. The lowest BCUT2D eigenvalue weighted by Crippen LogP contribution is -2.46. The van der Waals surface area contributed by atoms with Gasteiger partial charge in [0.15, 0.2) is 11.6 Å². The standard InChI is InChI=1S/C28H45N3O6/c1-19(2)16-22(28(36)31-24(8-5-6-14-29)26(34)9-7-15-37-4)18-27(35)25(30-20(3)32)17-21-10-12-23(33)13-11-21/h10-13,19,22,24-25,33H,5-9,14-18,29H2,1-4H3,(H,30,32)(H,31,36)/t22-,24-,25-/m0/s1. The second kappa shape index (κ2) is 17.6. The number of benzene rings is 1. The third-order valence-corrected chi connectivity index (χ3v) is 6.14. The van der Waals surface area contributed by atoms with Crippen molar-refractivity contribution in [1.82, 2.24) is 10.6 Å². The summed E-state index contributed by atoms with van der Waals surface area (Å²) in [5.74, 6) is -1.36. The number of amides is 2. The number of phenols is 1. The van der Waals surface area contributed by atoms with Gasteiger partial charge in [-0.05, 0) is 68.7 Å². The number of nitrogens with two attached hydrogens (primary N) is 1. The molecule has 37 heavy (non-hydrogen) atoms. The number of phenolic OH excluding ortho intramolecular Hbond substituents is 1. The average molecular weight is 520 g/mol. The van der Waals surface area contributed by atoms with Gasteiger partial charge >= 0.3 is 0 Å². The molecule has 5 N–H and O–H groups in total. The van der Waals surface area contributed by atoms with Crippen molar-refractivity contribution in [2.24, 2.45) is 17.6 Å². The molecule has 9 nitrogen and oxygen atoms in total. The Morgan fingerprint density at radius 1 is 0.973 bits per heavy atom. The van der Waals surface area contributed by atoms with Crippen molar-refractivity contribution in [3.63, 3.8) is 0 Å². The van der Waals surface area contributed by atoms with E-state index >= 15 is 0 Å². The first-order chi connectivity index (χ1) is 17.6. The van der Waals surface area contributed by atoms with Crippen molar-refractivity contribution < 1.29 is 29.0 Å². The van der Waals surface area contributed by atoms with Crippen molar-refractivity contribution in [1.29, 1.82) is 0 Å². The summed E-state index contributed by atoms with van der Waals surface area (Å²) in [6, 6.07) is 4.99. The molecular formula is C28H45N3O6. The minimum Gasteiger partial charge on any atom is -0.508 e. The third kappa shape index (κ3) is 13.4. The summed E-state index contributed by atoms with van der Waals surface area (Å²) in [7, 11) is 1.58. The van der Waals surface area contributed by atoms with Crippen LogP contribution in [0, 0.1) is 11.8 Å². The van der Waals surface area contributed by atoms with E-state index in [-0.39, 0.29) is 47.9 Å². The Labute approximate surface area is 220 Å². The number of rotatable bonds is 19. The molecule has 1 aromatic rings. The molecule has 0 aliphatic heterocycles. The van der Waals surface area contributed by atoms with Crippen LogP contribution in [-0.2, 0) is 30.3 Å². The first-order valence-corrected chi connectivity index (χ1v) is 13.2. The number of hydrogen-bond donors (Lipinski definition) is 4. The summed E-state index contributed by atoms with van der Waals surface area (Å²) in [6.07, 6.45) is 3.48. The van der Waals surface area contributed by atoms with Crippen LogP contribution in [0.15, 0.2) is 24.3 Å². The highest BCUT2D eigenvalue weighted by Gasteiger charge is 2.30. The van der Waals surface area contributed by atoms with Crippen molar-refractivity contribution in [3.05, 3.63) is 29.8 Å². The first kappa shape index (κ1) is 32.2. The van der Waals surface area contributed by atoms with Crippen LogP contribution < -0.4 is 16.4 Å². The fourth-order valence-corrected chi connectivity index (χ4v) is 4.26. The number of carbonyl (C=O) groups excluding carboxylic acids is 4. The third-order valence-electron chi connectivity index (χ3n) is 6.14. The van der Waals surface area contributed by atoms with Gasteiger partial charge in [-0.2, -0.15) is 0 Å². The van der Waals surface area contributed by atoms with Crippen molar-refractivity contribution in [2.45, 2.75) is 84.2 Å². The molecule has 0 aliphatic rings. The van der Waals surface area contributed by atoms with Gasteiger partial charge in [0, 0.05) is 39.4 Å². The molecule has 0 saturated heterocycles. The molecule has 0 bridgehead atoms. The van der Waals surface area contributed by atoms with Gasteiger partial charge in [0.2, 0.25) is 11.8 Å². The number of ketones is 2. The van der Waals surface area contributed by atoms with Crippen LogP contribution in [0.2, 0.25) is 0 Å². The van der Waals surface area contributed by atoms with Crippen LogP contribution in [0.3, 0.4) is 0 Å². The number of unbranched alkanes of at least 4 members (excludes halogenated alkanes) is 1. The SMILES string of the molecule is COCCCC(=O)[C@H](CCCCN)NC(=O)[C@H](CC(=O)[C@H](Cc1ccc(O)cc1)NC(C)=O)CC(C)C. The lowest BCUT2D eigenvalue weighted by atomic mass is 9.88. The van der Waals surface area contributed by atoms with Crippen molar-refractivity contribution >= 4 is 23.4 Å². The van der Waals surface area contributed by atoms with Crippen LogP contribution in [0.4, 0.5) is 0 Å². The zero-order valence-electron chi connectivity index (χ0n) is 22.8. The summed E-state index contributed by atoms with van der Waals surface area (Å²) >= 11 is 0. The number of nitrogens with one attached hydrogen (secondary N) is 2. The Morgan fingerprint density at radius 2 is 1.65 bits per heavy atom. The number of ether oxygens (including phenoxy) is 1. The topological polar surface area (TPSA) is 148 Å². The van der Waals surface area contributed by atoms with Gasteiger partial charge < -0.3 is 26.2 Å². The number of carbonyl (C=O) groups is 4. The average Bonchev–Trinajstić information content (AvgIpc) is 2.83. The quantitative estimate of drug-likeness (QED) is 0.205. The number of hydrogen-bond acceptors (Lipinski definition) is 7.